The first-order chi connectivity index (χ1) is 9.77. The van der Waals surface area contributed by atoms with E-state index < -0.39 is 23.6 Å². The molecule has 1 unspecified atom stereocenters. The van der Waals surface area contributed by atoms with Crippen LogP contribution in [0, 0.1) is 5.82 Å². The molecule has 21 heavy (non-hydrogen) atoms. The maximum Gasteiger partial charge on any atom is 0.416 e. The van der Waals surface area contributed by atoms with Gasteiger partial charge < -0.3 is 5.73 Å². The van der Waals surface area contributed by atoms with Gasteiger partial charge in [0.1, 0.15) is 5.82 Å². The Hall–Kier alpha value is -1.40. The Morgan fingerprint density at radius 2 is 1.67 bits per heavy atom. The van der Waals surface area contributed by atoms with Crippen LogP contribution in [-0.4, -0.2) is 0 Å². The summed E-state index contributed by atoms with van der Waals surface area (Å²) in [6.45, 7) is 0. The zero-order valence-corrected chi connectivity index (χ0v) is 12.4. The molecule has 0 saturated carbocycles. The highest BCUT2D eigenvalue weighted by atomic mass is 79.9. The van der Waals surface area contributed by atoms with Crippen molar-refractivity contribution in [1.82, 2.24) is 0 Å². The second-order valence-corrected chi connectivity index (χ2v) is 5.59. The fourth-order valence-electron chi connectivity index (χ4n) is 1.99. The van der Waals surface area contributed by atoms with Crippen molar-refractivity contribution in [3.8, 4) is 0 Å². The Morgan fingerprint density at radius 1 is 1.05 bits per heavy atom. The number of hydrogen-bond acceptors (Lipinski definition) is 1. The molecule has 0 radical (unpaired) electrons. The fraction of sp³-hybridized carbons (Fsp3) is 0.200. The van der Waals surface area contributed by atoms with Gasteiger partial charge in [0.25, 0.3) is 0 Å². The van der Waals surface area contributed by atoms with Crippen LogP contribution in [0.15, 0.2) is 46.9 Å². The molecule has 0 aliphatic carbocycles. The van der Waals surface area contributed by atoms with Gasteiger partial charge in [-0.3, -0.25) is 0 Å². The van der Waals surface area contributed by atoms with Gasteiger partial charge in [-0.15, -0.1) is 0 Å². The SMILES string of the molecule is NC(Cc1ccc(Br)cc1)c1cc(C(F)(F)F)ccc1F. The van der Waals surface area contributed by atoms with E-state index in [1.54, 1.807) is 24.3 Å². The first kappa shape index (κ1) is 16.0. The summed E-state index contributed by atoms with van der Waals surface area (Å²) >= 11 is 3.28. The van der Waals surface area contributed by atoms with Crippen molar-refractivity contribution in [3.63, 3.8) is 0 Å². The van der Waals surface area contributed by atoms with Crippen molar-refractivity contribution in [2.75, 3.05) is 0 Å². The summed E-state index contributed by atoms with van der Waals surface area (Å²) in [7, 11) is 0. The molecule has 2 rings (SSSR count). The first-order valence-corrected chi connectivity index (χ1v) is 6.93. The number of rotatable bonds is 3. The highest BCUT2D eigenvalue weighted by molar-refractivity contribution is 9.10. The summed E-state index contributed by atoms with van der Waals surface area (Å²) in [6.07, 6.45) is -4.26. The van der Waals surface area contributed by atoms with E-state index in [1.165, 1.54) is 0 Å². The van der Waals surface area contributed by atoms with Crippen molar-refractivity contribution >= 4 is 15.9 Å². The van der Waals surface area contributed by atoms with Gasteiger partial charge >= 0.3 is 6.18 Å². The van der Waals surface area contributed by atoms with E-state index >= 15 is 0 Å². The third kappa shape index (κ3) is 4.04. The molecule has 0 heterocycles. The van der Waals surface area contributed by atoms with Gasteiger partial charge in [0.2, 0.25) is 0 Å². The highest BCUT2D eigenvalue weighted by Crippen LogP contribution is 2.32. The van der Waals surface area contributed by atoms with Crippen molar-refractivity contribution in [1.29, 1.82) is 0 Å². The maximum absolute atomic E-state index is 13.7. The van der Waals surface area contributed by atoms with Gasteiger partial charge in [-0.25, -0.2) is 4.39 Å². The Kier molecular flexibility index (Phi) is 4.68. The summed E-state index contributed by atoms with van der Waals surface area (Å²) in [5.41, 5.74) is 5.65. The van der Waals surface area contributed by atoms with Crippen LogP contribution in [0.5, 0.6) is 0 Å². The van der Waals surface area contributed by atoms with Crippen LogP contribution < -0.4 is 5.73 Å². The Balaban J connectivity index is 2.26. The van der Waals surface area contributed by atoms with Crippen molar-refractivity contribution in [3.05, 3.63) is 69.4 Å². The number of alkyl halides is 3. The van der Waals surface area contributed by atoms with E-state index in [9.17, 15) is 17.6 Å². The van der Waals surface area contributed by atoms with Crippen LogP contribution in [0.4, 0.5) is 17.6 Å². The molecular weight excluding hydrogens is 350 g/mol. The minimum atomic E-state index is -4.51. The normalized spacial score (nSPS) is 13.2. The summed E-state index contributed by atoms with van der Waals surface area (Å²) in [5, 5.41) is 0. The second kappa shape index (κ2) is 6.15. The average Bonchev–Trinajstić information content (AvgIpc) is 2.40. The van der Waals surface area contributed by atoms with Crippen LogP contribution in [0.3, 0.4) is 0 Å². The van der Waals surface area contributed by atoms with Gasteiger partial charge in [-0.05, 0) is 42.3 Å². The van der Waals surface area contributed by atoms with Crippen molar-refractivity contribution in [2.45, 2.75) is 18.6 Å². The van der Waals surface area contributed by atoms with Crippen molar-refractivity contribution < 1.29 is 17.6 Å². The standard InChI is InChI=1S/C15H12BrF4N/c16-11-4-1-9(2-5-11)7-14(21)12-8-10(15(18,19)20)3-6-13(12)17/h1-6,8,14H,7,21H2. The molecule has 112 valence electrons. The van der Waals surface area contributed by atoms with Gasteiger partial charge in [0.15, 0.2) is 0 Å². The topological polar surface area (TPSA) is 26.0 Å². The molecule has 1 atom stereocenters. The molecule has 0 amide bonds. The largest absolute Gasteiger partial charge is 0.416 e. The van der Waals surface area contributed by atoms with Gasteiger partial charge in [0, 0.05) is 16.1 Å². The number of nitrogens with two attached hydrogens (primary N) is 1. The molecule has 0 spiro atoms. The van der Waals surface area contributed by atoms with E-state index in [-0.39, 0.29) is 12.0 Å². The zero-order valence-electron chi connectivity index (χ0n) is 10.8. The van der Waals surface area contributed by atoms with Gasteiger partial charge in [0.05, 0.1) is 5.56 Å². The van der Waals surface area contributed by atoms with E-state index in [0.717, 1.165) is 22.2 Å². The van der Waals surface area contributed by atoms with Crippen molar-refractivity contribution in [2.24, 2.45) is 5.73 Å². The lowest BCUT2D eigenvalue weighted by Crippen LogP contribution is -2.16. The fourth-order valence-corrected chi connectivity index (χ4v) is 2.25. The first-order valence-electron chi connectivity index (χ1n) is 6.14. The van der Waals surface area contributed by atoms with Crippen LogP contribution >= 0.6 is 15.9 Å². The third-order valence-electron chi connectivity index (χ3n) is 3.09. The molecule has 2 N–H and O–H groups in total. The minimum absolute atomic E-state index is 0.132. The highest BCUT2D eigenvalue weighted by Gasteiger charge is 2.31. The molecule has 1 nitrogen and oxygen atoms in total. The molecular formula is C15H12BrF4N. The molecule has 0 saturated heterocycles. The number of benzene rings is 2. The number of hydrogen-bond donors (Lipinski definition) is 1. The minimum Gasteiger partial charge on any atom is -0.324 e. The molecule has 0 aromatic heterocycles. The molecule has 0 aliphatic rings. The van der Waals surface area contributed by atoms with Crippen LogP contribution in [0.25, 0.3) is 0 Å². The molecule has 2 aromatic carbocycles. The summed E-state index contributed by atoms with van der Waals surface area (Å²) in [4.78, 5) is 0. The molecule has 0 bridgehead atoms. The predicted octanol–water partition coefficient (Wildman–Crippen LogP) is 4.85. The molecule has 2 aromatic rings. The lowest BCUT2D eigenvalue weighted by atomic mass is 9.97. The Morgan fingerprint density at radius 3 is 2.24 bits per heavy atom. The lowest BCUT2D eigenvalue weighted by Gasteiger charge is -2.15. The van der Waals surface area contributed by atoms with Gasteiger partial charge in [-0.2, -0.15) is 13.2 Å². The van der Waals surface area contributed by atoms with Crippen LogP contribution in [0.1, 0.15) is 22.7 Å². The number of halogens is 5. The second-order valence-electron chi connectivity index (χ2n) is 4.67. The Labute approximate surface area is 127 Å². The van der Waals surface area contributed by atoms with E-state index in [0.29, 0.717) is 6.07 Å². The van der Waals surface area contributed by atoms with Crippen LogP contribution in [-0.2, 0) is 12.6 Å². The van der Waals surface area contributed by atoms with E-state index in [4.69, 9.17) is 5.73 Å². The average molecular weight is 362 g/mol. The lowest BCUT2D eigenvalue weighted by molar-refractivity contribution is -0.137. The molecule has 0 fully saturated rings. The molecule has 6 heteroatoms. The smallest absolute Gasteiger partial charge is 0.324 e. The van der Waals surface area contributed by atoms with Crippen LogP contribution in [0.2, 0.25) is 0 Å². The third-order valence-corrected chi connectivity index (χ3v) is 3.62. The summed E-state index contributed by atoms with van der Waals surface area (Å²) in [5.74, 6) is -0.729. The summed E-state index contributed by atoms with van der Waals surface area (Å²) in [6, 6.07) is 8.62. The van der Waals surface area contributed by atoms with Gasteiger partial charge in [-0.1, -0.05) is 28.1 Å². The monoisotopic (exact) mass is 361 g/mol. The van der Waals surface area contributed by atoms with E-state index in [1.807, 2.05) is 0 Å². The zero-order chi connectivity index (χ0) is 15.6. The van der Waals surface area contributed by atoms with E-state index in [2.05, 4.69) is 15.9 Å². The molecule has 0 aliphatic heterocycles. The quantitative estimate of drug-likeness (QED) is 0.777. The Bertz CT molecular complexity index is 623. The summed E-state index contributed by atoms with van der Waals surface area (Å²) < 4.78 is 52.6. The maximum atomic E-state index is 13.7. The predicted molar refractivity (Wildman–Crippen MR) is 76.2 cm³/mol.